The monoisotopic (exact) mass is 450 g/mol. The molecule has 0 heterocycles. The molecule has 0 unspecified atom stereocenters. The molecule has 0 fully saturated rings. The molecule has 0 aromatic heterocycles. The third kappa shape index (κ3) is 6.08. The average Bonchev–Trinajstić information content (AvgIpc) is 2.74. The van der Waals surface area contributed by atoms with Gasteiger partial charge in [0, 0.05) is 0 Å². The van der Waals surface area contributed by atoms with Gasteiger partial charge < -0.3 is 18.9 Å². The summed E-state index contributed by atoms with van der Waals surface area (Å²) in [5, 5.41) is 0. The highest BCUT2D eigenvalue weighted by atomic mass is 16.5. The first-order valence-electron chi connectivity index (χ1n) is 11.2. The van der Waals surface area contributed by atoms with Crippen LogP contribution in [-0.4, -0.2) is 50.3 Å². The van der Waals surface area contributed by atoms with Crippen molar-refractivity contribution in [3.63, 3.8) is 0 Å². The van der Waals surface area contributed by atoms with E-state index in [0.717, 1.165) is 0 Å². The second kappa shape index (κ2) is 13.5. The maximum atomic E-state index is 13.1. The zero-order chi connectivity index (χ0) is 24.3. The first kappa shape index (κ1) is 27.1. The van der Waals surface area contributed by atoms with E-state index in [1.54, 1.807) is 27.7 Å². The van der Waals surface area contributed by atoms with E-state index in [1.165, 1.54) is 0 Å². The Bertz CT molecular complexity index is 772. The van der Waals surface area contributed by atoms with Gasteiger partial charge in [-0.05, 0) is 51.7 Å². The highest BCUT2D eigenvalue weighted by Gasteiger charge is 2.37. The maximum absolute atomic E-state index is 13.1. The van der Waals surface area contributed by atoms with Crippen LogP contribution in [0.3, 0.4) is 0 Å². The van der Waals surface area contributed by atoms with E-state index < -0.39 is 23.9 Å². The Morgan fingerprint density at radius 3 is 0.938 bits per heavy atom. The molecule has 0 saturated heterocycles. The van der Waals surface area contributed by atoms with E-state index in [9.17, 15) is 19.2 Å². The van der Waals surface area contributed by atoms with Crippen LogP contribution >= 0.6 is 0 Å². The number of esters is 4. The van der Waals surface area contributed by atoms with Crippen molar-refractivity contribution in [1.82, 2.24) is 0 Å². The normalized spacial score (nSPS) is 10.4. The van der Waals surface area contributed by atoms with Crippen LogP contribution in [0.25, 0.3) is 0 Å². The van der Waals surface area contributed by atoms with Crippen LogP contribution in [0.1, 0.15) is 107 Å². The van der Waals surface area contributed by atoms with Gasteiger partial charge in [-0.3, -0.25) is 0 Å². The second-order valence-corrected chi connectivity index (χ2v) is 6.84. The second-order valence-electron chi connectivity index (χ2n) is 6.84. The van der Waals surface area contributed by atoms with Crippen LogP contribution in [0.15, 0.2) is 0 Å². The molecule has 8 nitrogen and oxygen atoms in total. The van der Waals surface area contributed by atoms with Crippen molar-refractivity contribution in [2.45, 2.75) is 67.2 Å². The minimum atomic E-state index is -0.899. The summed E-state index contributed by atoms with van der Waals surface area (Å²) >= 11 is 0. The predicted octanol–water partition coefficient (Wildman–Crippen LogP) is 4.30. The lowest BCUT2D eigenvalue weighted by Gasteiger charge is -2.23. The summed E-state index contributed by atoms with van der Waals surface area (Å²) < 4.78 is 20.9. The summed E-state index contributed by atoms with van der Waals surface area (Å²) in [6.07, 6.45) is 2.05. The fraction of sp³-hybridized carbons (Fsp3) is 0.583. The minimum Gasteiger partial charge on any atom is -0.462 e. The standard InChI is InChI=1S/C24H34O8/c1-7-13-15-16(14-8-2)18(22(26)30-10-4)20(24(28)32-12-6)19(23(27)31-11-5)17(15)21(25)29-9-3/h7-14H2,1-6H3. The van der Waals surface area contributed by atoms with E-state index in [1.807, 2.05) is 13.8 Å². The van der Waals surface area contributed by atoms with E-state index in [4.69, 9.17) is 18.9 Å². The van der Waals surface area contributed by atoms with E-state index >= 15 is 0 Å². The Morgan fingerprint density at radius 1 is 0.469 bits per heavy atom. The van der Waals surface area contributed by atoms with E-state index in [0.29, 0.717) is 36.8 Å². The van der Waals surface area contributed by atoms with Crippen molar-refractivity contribution >= 4 is 23.9 Å². The zero-order valence-corrected chi connectivity index (χ0v) is 19.9. The van der Waals surface area contributed by atoms with Gasteiger partial charge in [-0.2, -0.15) is 0 Å². The molecule has 0 radical (unpaired) electrons. The molecule has 32 heavy (non-hydrogen) atoms. The number of benzene rings is 1. The van der Waals surface area contributed by atoms with Crippen molar-refractivity contribution < 1.29 is 38.1 Å². The summed E-state index contributed by atoms with van der Waals surface area (Å²) in [6, 6.07) is 0. The molecule has 0 aliphatic heterocycles. The quantitative estimate of drug-likeness (QED) is 0.343. The number of ether oxygens (including phenoxy) is 4. The summed E-state index contributed by atoms with van der Waals surface area (Å²) in [6.45, 7) is 10.5. The van der Waals surface area contributed by atoms with Crippen LogP contribution in [-0.2, 0) is 31.8 Å². The Morgan fingerprint density at radius 2 is 0.719 bits per heavy atom. The lowest BCUT2D eigenvalue weighted by atomic mass is 9.82. The SMILES string of the molecule is CCCc1c(CCC)c(C(=O)OCC)c(C(=O)OCC)c(C(=O)OCC)c1C(=O)OCC. The molecule has 1 aromatic rings. The van der Waals surface area contributed by atoms with Gasteiger partial charge in [-0.15, -0.1) is 0 Å². The molecule has 0 aliphatic rings. The van der Waals surface area contributed by atoms with Gasteiger partial charge >= 0.3 is 23.9 Å². The van der Waals surface area contributed by atoms with Crippen molar-refractivity contribution in [2.75, 3.05) is 26.4 Å². The summed E-state index contributed by atoms with van der Waals surface area (Å²) in [4.78, 5) is 52.3. The summed E-state index contributed by atoms with van der Waals surface area (Å²) in [7, 11) is 0. The van der Waals surface area contributed by atoms with Gasteiger partial charge in [0.2, 0.25) is 0 Å². The van der Waals surface area contributed by atoms with Gasteiger partial charge in [0.05, 0.1) is 48.7 Å². The largest absolute Gasteiger partial charge is 0.462 e. The number of hydrogen-bond donors (Lipinski definition) is 0. The van der Waals surface area contributed by atoms with Gasteiger partial charge in [-0.25, -0.2) is 19.2 Å². The molecular weight excluding hydrogens is 416 g/mol. The number of carbonyl (C=O) groups is 4. The molecule has 0 N–H and O–H groups in total. The van der Waals surface area contributed by atoms with Crippen LogP contribution in [0, 0.1) is 0 Å². The molecule has 0 aliphatic carbocycles. The molecule has 0 spiro atoms. The Labute approximate surface area is 189 Å². The summed E-state index contributed by atoms with van der Waals surface area (Å²) in [5.74, 6) is -3.30. The fourth-order valence-electron chi connectivity index (χ4n) is 3.58. The molecular formula is C24H34O8. The molecule has 0 atom stereocenters. The van der Waals surface area contributed by atoms with Crippen molar-refractivity contribution in [3.05, 3.63) is 33.4 Å². The highest BCUT2D eigenvalue weighted by molar-refractivity contribution is 6.16. The van der Waals surface area contributed by atoms with Gasteiger partial charge in [0.15, 0.2) is 0 Å². The lowest BCUT2D eigenvalue weighted by Crippen LogP contribution is -2.28. The minimum absolute atomic E-state index is 0.0118. The first-order chi connectivity index (χ1) is 15.3. The Balaban J connectivity index is 4.31. The van der Waals surface area contributed by atoms with E-state index in [-0.39, 0.29) is 48.7 Å². The molecule has 1 rings (SSSR count). The zero-order valence-electron chi connectivity index (χ0n) is 19.9. The fourth-order valence-corrected chi connectivity index (χ4v) is 3.58. The van der Waals surface area contributed by atoms with Gasteiger partial charge in [0.25, 0.3) is 0 Å². The van der Waals surface area contributed by atoms with Crippen molar-refractivity contribution in [1.29, 1.82) is 0 Å². The lowest BCUT2D eigenvalue weighted by molar-refractivity contribution is 0.0442. The third-order valence-corrected chi connectivity index (χ3v) is 4.64. The summed E-state index contributed by atoms with van der Waals surface area (Å²) in [5.41, 5.74) is 0.266. The van der Waals surface area contributed by atoms with Crippen LogP contribution < -0.4 is 0 Å². The topological polar surface area (TPSA) is 105 Å². The van der Waals surface area contributed by atoms with Crippen LogP contribution in [0.5, 0.6) is 0 Å². The smallest absolute Gasteiger partial charge is 0.339 e. The first-order valence-corrected chi connectivity index (χ1v) is 11.2. The van der Waals surface area contributed by atoms with Crippen LogP contribution in [0.4, 0.5) is 0 Å². The molecule has 8 heteroatoms. The highest BCUT2D eigenvalue weighted by Crippen LogP contribution is 2.33. The molecule has 1 aromatic carbocycles. The van der Waals surface area contributed by atoms with Crippen molar-refractivity contribution in [3.8, 4) is 0 Å². The molecule has 178 valence electrons. The third-order valence-electron chi connectivity index (χ3n) is 4.64. The van der Waals surface area contributed by atoms with Crippen LogP contribution in [0.2, 0.25) is 0 Å². The number of rotatable bonds is 12. The number of carbonyl (C=O) groups excluding carboxylic acids is 4. The van der Waals surface area contributed by atoms with Gasteiger partial charge in [0.1, 0.15) is 0 Å². The number of hydrogen-bond acceptors (Lipinski definition) is 8. The van der Waals surface area contributed by atoms with Gasteiger partial charge in [-0.1, -0.05) is 26.7 Å². The predicted molar refractivity (Wildman–Crippen MR) is 118 cm³/mol. The molecule has 0 saturated carbocycles. The Hall–Kier alpha value is -2.90. The van der Waals surface area contributed by atoms with Crippen molar-refractivity contribution in [2.24, 2.45) is 0 Å². The maximum Gasteiger partial charge on any atom is 0.339 e. The van der Waals surface area contributed by atoms with E-state index in [2.05, 4.69) is 0 Å². The molecule has 0 amide bonds. The average molecular weight is 451 g/mol. The Kier molecular flexibility index (Phi) is 11.4. The molecule has 0 bridgehead atoms.